The second-order valence-corrected chi connectivity index (χ2v) is 3.29. The van der Waals surface area contributed by atoms with Gasteiger partial charge in [0.1, 0.15) is 0 Å². The highest BCUT2D eigenvalue weighted by Crippen LogP contribution is 2.33. The molecule has 1 aliphatic rings. The number of rotatable bonds is 2. The molecule has 0 nitrogen and oxygen atoms in total. The molecule has 0 saturated heterocycles. The number of allylic oxidation sites excluding steroid dienone is 1. The van der Waals surface area contributed by atoms with Crippen LogP contribution in [0, 0.1) is 5.92 Å². The zero-order valence-corrected chi connectivity index (χ0v) is 6.58. The van der Waals surface area contributed by atoms with Crippen molar-refractivity contribution in [1.82, 2.24) is 0 Å². The van der Waals surface area contributed by atoms with Gasteiger partial charge in [-0.3, -0.25) is 0 Å². The molecule has 1 heteroatoms. The molecular formula is C7H11Br. The molecule has 0 N–H and O–H groups in total. The monoisotopic (exact) mass is 174 g/mol. The maximum atomic E-state index is 3.88. The minimum Gasteiger partial charge on any atom is -0.0998 e. The van der Waals surface area contributed by atoms with Crippen LogP contribution in [0.5, 0.6) is 0 Å². The molecule has 1 aliphatic carbocycles. The van der Waals surface area contributed by atoms with E-state index in [-0.39, 0.29) is 0 Å². The zero-order valence-electron chi connectivity index (χ0n) is 4.99. The Kier molecular flexibility index (Phi) is 2.12. The summed E-state index contributed by atoms with van der Waals surface area (Å²) in [6.07, 6.45) is 3.90. The average Bonchev–Trinajstić information content (AvgIpc) is 1.64. The minimum atomic E-state index is 0.960. The molecule has 0 aromatic carbocycles. The standard InChI is InChI=1S/C7H11Br/c1-6-4-7(5-6)2-3-8/h7H,1-5H2. The van der Waals surface area contributed by atoms with Crippen molar-refractivity contribution in [1.29, 1.82) is 0 Å². The summed E-state index contributed by atoms with van der Waals surface area (Å²) in [5.74, 6) is 0.960. The van der Waals surface area contributed by atoms with Crippen molar-refractivity contribution in [2.75, 3.05) is 5.33 Å². The van der Waals surface area contributed by atoms with E-state index in [0.29, 0.717) is 0 Å². The Balaban J connectivity index is 2.06. The van der Waals surface area contributed by atoms with Crippen molar-refractivity contribution in [3.05, 3.63) is 12.2 Å². The molecular weight excluding hydrogens is 164 g/mol. The summed E-state index contributed by atoms with van der Waals surface area (Å²) in [5, 5.41) is 1.16. The Bertz CT molecular complexity index is 88.6. The van der Waals surface area contributed by atoms with Crippen molar-refractivity contribution in [2.24, 2.45) is 5.92 Å². The summed E-state index contributed by atoms with van der Waals surface area (Å²) in [6.45, 7) is 3.88. The van der Waals surface area contributed by atoms with E-state index in [4.69, 9.17) is 0 Å². The molecule has 1 rings (SSSR count). The van der Waals surface area contributed by atoms with Gasteiger partial charge in [0, 0.05) is 5.33 Å². The van der Waals surface area contributed by atoms with Crippen LogP contribution in [0.2, 0.25) is 0 Å². The van der Waals surface area contributed by atoms with Gasteiger partial charge < -0.3 is 0 Å². The van der Waals surface area contributed by atoms with E-state index in [9.17, 15) is 0 Å². The van der Waals surface area contributed by atoms with Gasteiger partial charge in [-0.1, -0.05) is 28.1 Å². The molecule has 0 aromatic heterocycles. The van der Waals surface area contributed by atoms with Crippen molar-refractivity contribution in [3.8, 4) is 0 Å². The van der Waals surface area contributed by atoms with Crippen LogP contribution in [-0.2, 0) is 0 Å². The van der Waals surface area contributed by atoms with Gasteiger partial charge in [0.05, 0.1) is 0 Å². The molecule has 0 aliphatic heterocycles. The van der Waals surface area contributed by atoms with Crippen molar-refractivity contribution >= 4 is 15.9 Å². The zero-order chi connectivity index (χ0) is 5.98. The van der Waals surface area contributed by atoms with Crippen LogP contribution in [0.15, 0.2) is 12.2 Å². The van der Waals surface area contributed by atoms with Crippen molar-refractivity contribution in [3.63, 3.8) is 0 Å². The van der Waals surface area contributed by atoms with Gasteiger partial charge in [0.2, 0.25) is 0 Å². The van der Waals surface area contributed by atoms with Gasteiger partial charge in [0.25, 0.3) is 0 Å². The van der Waals surface area contributed by atoms with Gasteiger partial charge in [-0.25, -0.2) is 0 Å². The maximum Gasteiger partial charge on any atom is 0.00341 e. The van der Waals surface area contributed by atoms with Crippen LogP contribution in [0.25, 0.3) is 0 Å². The van der Waals surface area contributed by atoms with Crippen molar-refractivity contribution in [2.45, 2.75) is 19.3 Å². The van der Waals surface area contributed by atoms with E-state index in [1.165, 1.54) is 24.8 Å². The highest BCUT2D eigenvalue weighted by atomic mass is 79.9. The lowest BCUT2D eigenvalue weighted by Crippen LogP contribution is -2.13. The SMILES string of the molecule is C=C1CC(CCBr)C1. The lowest BCUT2D eigenvalue weighted by atomic mass is 9.80. The van der Waals surface area contributed by atoms with Gasteiger partial charge in [-0.15, -0.1) is 0 Å². The molecule has 0 unspecified atom stereocenters. The molecule has 0 radical (unpaired) electrons. The first-order valence-electron chi connectivity index (χ1n) is 3.05. The second-order valence-electron chi connectivity index (χ2n) is 2.50. The smallest absolute Gasteiger partial charge is 0.00341 e. The van der Waals surface area contributed by atoms with Gasteiger partial charge in [-0.2, -0.15) is 0 Å². The van der Waals surface area contributed by atoms with E-state index < -0.39 is 0 Å². The number of alkyl halides is 1. The predicted octanol–water partition coefficient (Wildman–Crippen LogP) is 2.74. The molecule has 0 atom stereocenters. The van der Waals surface area contributed by atoms with Gasteiger partial charge in [0.15, 0.2) is 0 Å². The van der Waals surface area contributed by atoms with Crippen LogP contribution in [0.3, 0.4) is 0 Å². The normalized spacial score (nSPS) is 20.9. The third kappa shape index (κ3) is 1.35. The fourth-order valence-corrected chi connectivity index (χ4v) is 1.76. The number of halogens is 1. The topological polar surface area (TPSA) is 0 Å². The molecule has 46 valence electrons. The first-order chi connectivity index (χ1) is 3.83. The fraction of sp³-hybridized carbons (Fsp3) is 0.714. The Morgan fingerprint density at radius 3 is 2.62 bits per heavy atom. The van der Waals surface area contributed by atoms with Crippen molar-refractivity contribution < 1.29 is 0 Å². The Hall–Kier alpha value is 0.220. The van der Waals surface area contributed by atoms with E-state index in [1.54, 1.807) is 0 Å². The first kappa shape index (κ1) is 6.34. The van der Waals surface area contributed by atoms with E-state index >= 15 is 0 Å². The van der Waals surface area contributed by atoms with Gasteiger partial charge in [-0.05, 0) is 25.2 Å². The Morgan fingerprint density at radius 2 is 2.25 bits per heavy atom. The van der Waals surface area contributed by atoms with Crippen LogP contribution in [0.4, 0.5) is 0 Å². The van der Waals surface area contributed by atoms with Crippen LogP contribution in [0.1, 0.15) is 19.3 Å². The summed E-state index contributed by atoms with van der Waals surface area (Å²) in [7, 11) is 0. The van der Waals surface area contributed by atoms with Crippen LogP contribution in [-0.4, -0.2) is 5.33 Å². The molecule has 0 bridgehead atoms. The minimum absolute atomic E-state index is 0.960. The van der Waals surface area contributed by atoms with Crippen LogP contribution >= 0.6 is 15.9 Å². The Morgan fingerprint density at radius 1 is 1.62 bits per heavy atom. The third-order valence-corrected chi connectivity index (χ3v) is 2.13. The lowest BCUT2D eigenvalue weighted by molar-refractivity contribution is 0.411. The molecule has 1 fully saturated rings. The molecule has 8 heavy (non-hydrogen) atoms. The summed E-state index contributed by atoms with van der Waals surface area (Å²) < 4.78 is 0. The first-order valence-corrected chi connectivity index (χ1v) is 4.17. The predicted molar refractivity (Wildman–Crippen MR) is 40.3 cm³/mol. The largest absolute Gasteiger partial charge is 0.0998 e. The summed E-state index contributed by atoms with van der Waals surface area (Å²) in [5.41, 5.74) is 1.44. The molecule has 0 heterocycles. The summed E-state index contributed by atoms with van der Waals surface area (Å²) in [6, 6.07) is 0. The third-order valence-electron chi connectivity index (χ3n) is 1.67. The lowest BCUT2D eigenvalue weighted by Gasteiger charge is -2.27. The second kappa shape index (κ2) is 2.67. The quantitative estimate of drug-likeness (QED) is 0.447. The highest BCUT2D eigenvalue weighted by Gasteiger charge is 2.19. The van der Waals surface area contributed by atoms with Crippen LogP contribution < -0.4 is 0 Å². The van der Waals surface area contributed by atoms with E-state index in [1.807, 2.05) is 0 Å². The number of hydrogen-bond donors (Lipinski definition) is 0. The van der Waals surface area contributed by atoms with Gasteiger partial charge >= 0.3 is 0 Å². The maximum absolute atomic E-state index is 3.88. The molecule has 0 aromatic rings. The number of hydrogen-bond acceptors (Lipinski definition) is 0. The summed E-state index contributed by atoms with van der Waals surface area (Å²) in [4.78, 5) is 0. The van der Waals surface area contributed by atoms with E-state index in [2.05, 4.69) is 22.5 Å². The summed E-state index contributed by atoms with van der Waals surface area (Å²) >= 11 is 3.41. The Labute approximate surface area is 59.1 Å². The fourth-order valence-electron chi connectivity index (χ4n) is 1.12. The molecule has 0 amide bonds. The van der Waals surface area contributed by atoms with E-state index in [0.717, 1.165) is 11.2 Å². The molecule has 1 saturated carbocycles. The molecule has 0 spiro atoms. The average molecular weight is 175 g/mol. The highest BCUT2D eigenvalue weighted by molar-refractivity contribution is 9.09.